The van der Waals surface area contributed by atoms with Gasteiger partial charge in [0, 0.05) is 18.1 Å². The monoisotopic (exact) mass is 362 g/mol. The fourth-order valence-corrected chi connectivity index (χ4v) is 3.94. The SMILES string of the molecule is COC(=O)CCCC(=O)/C(=N\Nc1ccccc1)SC1CCCCC1. The number of esters is 1. The second-order valence-corrected chi connectivity index (χ2v) is 7.41. The largest absolute Gasteiger partial charge is 0.469 e. The van der Waals surface area contributed by atoms with E-state index in [4.69, 9.17) is 0 Å². The topological polar surface area (TPSA) is 67.8 Å². The normalized spacial score (nSPS) is 15.6. The Morgan fingerprint density at radius 1 is 1.16 bits per heavy atom. The predicted octanol–water partition coefficient (Wildman–Crippen LogP) is 4.39. The molecule has 1 aliphatic rings. The number of Topliss-reactive ketones (excluding diaryl/α,β-unsaturated/α-hetero) is 1. The van der Waals surface area contributed by atoms with E-state index < -0.39 is 0 Å². The summed E-state index contributed by atoms with van der Waals surface area (Å²) in [6.45, 7) is 0. The number of rotatable bonds is 8. The molecular formula is C19H26N2O3S. The molecule has 136 valence electrons. The van der Waals surface area contributed by atoms with E-state index in [1.54, 1.807) is 11.8 Å². The lowest BCUT2D eigenvalue weighted by molar-refractivity contribution is -0.140. The molecule has 0 amide bonds. The van der Waals surface area contributed by atoms with Crippen molar-refractivity contribution < 1.29 is 14.3 Å². The lowest BCUT2D eigenvalue weighted by Crippen LogP contribution is -2.19. The van der Waals surface area contributed by atoms with Gasteiger partial charge in [-0.25, -0.2) is 0 Å². The molecule has 0 aromatic heterocycles. The molecule has 0 spiro atoms. The van der Waals surface area contributed by atoms with Crippen molar-refractivity contribution >= 4 is 34.2 Å². The van der Waals surface area contributed by atoms with Crippen molar-refractivity contribution in [3.05, 3.63) is 30.3 Å². The first-order valence-corrected chi connectivity index (χ1v) is 9.72. The molecule has 0 heterocycles. The molecule has 1 aromatic carbocycles. The van der Waals surface area contributed by atoms with Gasteiger partial charge in [-0.3, -0.25) is 15.0 Å². The summed E-state index contributed by atoms with van der Waals surface area (Å²) in [5, 5.41) is 5.34. The van der Waals surface area contributed by atoms with E-state index in [0.29, 0.717) is 23.1 Å². The Bertz CT molecular complexity index is 584. The molecule has 6 heteroatoms. The minimum absolute atomic E-state index is 0.0112. The fraction of sp³-hybridized carbons (Fsp3) is 0.526. The Morgan fingerprint density at radius 3 is 2.56 bits per heavy atom. The predicted molar refractivity (Wildman–Crippen MR) is 103 cm³/mol. The highest BCUT2D eigenvalue weighted by Crippen LogP contribution is 2.30. The molecule has 0 saturated heterocycles. The van der Waals surface area contributed by atoms with Crippen molar-refractivity contribution in [2.24, 2.45) is 5.10 Å². The van der Waals surface area contributed by atoms with Crippen molar-refractivity contribution in [1.82, 2.24) is 0 Å². The number of anilines is 1. The third kappa shape index (κ3) is 7.30. The number of thioether (sulfide) groups is 1. The summed E-state index contributed by atoms with van der Waals surface area (Å²) in [6.07, 6.45) is 7.02. The number of nitrogens with one attached hydrogen (secondary N) is 1. The van der Waals surface area contributed by atoms with Crippen LogP contribution in [0.4, 0.5) is 5.69 Å². The maximum atomic E-state index is 12.6. The van der Waals surface area contributed by atoms with Crippen molar-refractivity contribution in [2.45, 2.75) is 56.6 Å². The van der Waals surface area contributed by atoms with Crippen LogP contribution in [-0.4, -0.2) is 29.2 Å². The van der Waals surface area contributed by atoms with Crippen molar-refractivity contribution in [1.29, 1.82) is 0 Å². The molecule has 0 radical (unpaired) electrons. The number of carbonyl (C=O) groups excluding carboxylic acids is 2. The van der Waals surface area contributed by atoms with E-state index in [9.17, 15) is 9.59 Å². The Labute approximate surface area is 153 Å². The van der Waals surface area contributed by atoms with Crippen LogP contribution in [0.15, 0.2) is 35.4 Å². The zero-order chi connectivity index (χ0) is 17.9. The smallest absolute Gasteiger partial charge is 0.305 e. The maximum absolute atomic E-state index is 12.6. The van der Waals surface area contributed by atoms with Gasteiger partial charge in [-0.05, 0) is 31.4 Å². The van der Waals surface area contributed by atoms with Gasteiger partial charge in [-0.2, -0.15) is 5.10 Å². The van der Waals surface area contributed by atoms with E-state index in [-0.39, 0.29) is 18.2 Å². The summed E-state index contributed by atoms with van der Waals surface area (Å²) >= 11 is 1.58. The average molecular weight is 362 g/mol. The number of para-hydroxylation sites is 1. The summed E-state index contributed by atoms with van der Waals surface area (Å²) in [6, 6.07) is 9.60. The molecule has 1 fully saturated rings. The average Bonchev–Trinajstić information content (AvgIpc) is 2.66. The van der Waals surface area contributed by atoms with Crippen LogP contribution in [-0.2, 0) is 14.3 Å². The molecule has 5 nitrogen and oxygen atoms in total. The minimum atomic E-state index is -0.284. The highest BCUT2D eigenvalue weighted by Gasteiger charge is 2.21. The van der Waals surface area contributed by atoms with Gasteiger partial charge >= 0.3 is 5.97 Å². The molecule has 0 atom stereocenters. The van der Waals surface area contributed by atoms with E-state index in [1.807, 2.05) is 30.3 Å². The van der Waals surface area contributed by atoms with Crippen molar-refractivity contribution in [3.63, 3.8) is 0 Å². The summed E-state index contributed by atoms with van der Waals surface area (Å²) in [5.41, 5.74) is 3.83. The van der Waals surface area contributed by atoms with Gasteiger partial charge in [0.2, 0.25) is 0 Å². The van der Waals surface area contributed by atoms with Crippen molar-refractivity contribution in [2.75, 3.05) is 12.5 Å². The van der Waals surface area contributed by atoms with Crippen LogP contribution in [0.2, 0.25) is 0 Å². The van der Waals surface area contributed by atoms with Crippen LogP contribution in [0.5, 0.6) is 0 Å². The molecule has 2 rings (SSSR count). The first kappa shape index (κ1) is 19.5. The molecule has 1 saturated carbocycles. The van der Waals surface area contributed by atoms with E-state index >= 15 is 0 Å². The van der Waals surface area contributed by atoms with Crippen LogP contribution in [0, 0.1) is 0 Å². The third-order valence-corrected chi connectivity index (χ3v) is 5.49. The Morgan fingerprint density at radius 2 is 1.88 bits per heavy atom. The molecule has 25 heavy (non-hydrogen) atoms. The van der Waals surface area contributed by atoms with E-state index in [0.717, 1.165) is 18.5 Å². The summed E-state index contributed by atoms with van der Waals surface area (Å²) in [4.78, 5) is 23.8. The zero-order valence-electron chi connectivity index (χ0n) is 14.7. The summed E-state index contributed by atoms with van der Waals surface area (Å²) in [5.74, 6) is -0.295. The van der Waals surface area contributed by atoms with Gasteiger partial charge in [0.15, 0.2) is 10.8 Å². The lowest BCUT2D eigenvalue weighted by atomic mass is 10.0. The van der Waals surface area contributed by atoms with Crippen LogP contribution < -0.4 is 5.43 Å². The lowest BCUT2D eigenvalue weighted by Gasteiger charge is -2.21. The second kappa shape index (κ2) is 10.9. The van der Waals surface area contributed by atoms with Crippen molar-refractivity contribution in [3.8, 4) is 0 Å². The highest BCUT2D eigenvalue weighted by atomic mass is 32.2. The quantitative estimate of drug-likeness (QED) is 0.321. The number of ketones is 1. The van der Waals surface area contributed by atoms with Crippen LogP contribution in [0.25, 0.3) is 0 Å². The standard InChI is InChI=1S/C19H26N2O3S/c1-24-18(23)14-8-13-17(22)19(25-16-11-6-3-7-12-16)21-20-15-9-4-2-5-10-15/h2,4-5,9-10,16,20H,3,6-8,11-14H2,1H3/b21-19+. The number of ether oxygens (including phenoxy) is 1. The van der Waals surface area contributed by atoms with Gasteiger partial charge in [-0.1, -0.05) is 49.2 Å². The number of methoxy groups -OCH3 is 1. The first-order valence-electron chi connectivity index (χ1n) is 8.84. The number of hydrogen-bond donors (Lipinski definition) is 1. The molecule has 1 aliphatic carbocycles. The van der Waals surface area contributed by atoms with Crippen LogP contribution >= 0.6 is 11.8 Å². The van der Waals surface area contributed by atoms with Crippen LogP contribution in [0.1, 0.15) is 51.4 Å². The van der Waals surface area contributed by atoms with Gasteiger partial charge in [0.1, 0.15) is 0 Å². The number of carbonyl (C=O) groups is 2. The van der Waals surface area contributed by atoms with E-state index in [1.165, 1.54) is 26.4 Å². The Hall–Kier alpha value is -1.82. The second-order valence-electron chi connectivity index (χ2n) is 6.13. The van der Waals surface area contributed by atoms with Gasteiger partial charge < -0.3 is 4.74 Å². The van der Waals surface area contributed by atoms with Gasteiger partial charge in [0.25, 0.3) is 0 Å². The number of benzene rings is 1. The van der Waals surface area contributed by atoms with E-state index in [2.05, 4.69) is 15.3 Å². The molecule has 0 aliphatic heterocycles. The van der Waals surface area contributed by atoms with Crippen LogP contribution in [0.3, 0.4) is 0 Å². The molecule has 1 aromatic rings. The molecule has 0 unspecified atom stereocenters. The Balaban J connectivity index is 1.96. The number of hydrogen-bond acceptors (Lipinski definition) is 6. The number of hydrazone groups is 1. The number of nitrogens with zero attached hydrogens (tertiary/aromatic N) is 1. The van der Waals surface area contributed by atoms with Gasteiger partial charge in [-0.15, -0.1) is 0 Å². The first-order chi connectivity index (χ1) is 12.2. The summed E-state index contributed by atoms with van der Waals surface area (Å²) < 4.78 is 4.62. The fourth-order valence-electron chi connectivity index (χ4n) is 2.73. The molecule has 1 N–H and O–H groups in total. The van der Waals surface area contributed by atoms with Gasteiger partial charge in [0.05, 0.1) is 12.8 Å². The highest BCUT2D eigenvalue weighted by molar-refractivity contribution is 8.16. The zero-order valence-corrected chi connectivity index (χ0v) is 15.5. The minimum Gasteiger partial charge on any atom is -0.469 e. The third-order valence-electron chi connectivity index (χ3n) is 4.14. The molecular weight excluding hydrogens is 336 g/mol. The molecule has 0 bridgehead atoms. The summed E-state index contributed by atoms with van der Waals surface area (Å²) in [7, 11) is 1.36. The maximum Gasteiger partial charge on any atom is 0.305 e. The Kier molecular flexibility index (Phi) is 8.52.